The van der Waals surface area contributed by atoms with Crippen LogP contribution in [0.5, 0.6) is 5.75 Å². The lowest BCUT2D eigenvalue weighted by molar-refractivity contribution is -0.140. The first-order chi connectivity index (χ1) is 11.0. The van der Waals surface area contributed by atoms with E-state index in [-0.39, 0.29) is 24.5 Å². The summed E-state index contributed by atoms with van der Waals surface area (Å²) in [6.07, 6.45) is 4.15. The van der Waals surface area contributed by atoms with Gasteiger partial charge in [-0.2, -0.15) is 0 Å². The summed E-state index contributed by atoms with van der Waals surface area (Å²) in [6, 6.07) is 3.80. The number of nitrogens with one attached hydrogen (secondary N) is 1. The molecule has 0 aliphatic heterocycles. The van der Waals surface area contributed by atoms with Gasteiger partial charge in [-0.25, -0.2) is 0 Å². The Labute approximate surface area is 135 Å². The Kier molecular flexibility index (Phi) is 5.92. The number of likely N-dealkylation sites (N-methyl/N-ethyl adjacent to an activating group) is 1. The third-order valence-corrected chi connectivity index (χ3v) is 4.04. The second kappa shape index (κ2) is 7.92. The van der Waals surface area contributed by atoms with Crippen molar-refractivity contribution in [2.75, 3.05) is 13.1 Å². The lowest BCUT2D eigenvalue weighted by atomic mass is 9.85. The number of carboxylic acids is 1. The van der Waals surface area contributed by atoms with Gasteiger partial charge in [0.15, 0.2) is 6.10 Å². The van der Waals surface area contributed by atoms with Crippen LogP contribution in [0.1, 0.15) is 26.7 Å². The second-order valence-corrected chi connectivity index (χ2v) is 5.74. The van der Waals surface area contributed by atoms with Gasteiger partial charge in [-0.15, -0.1) is 0 Å². The summed E-state index contributed by atoms with van der Waals surface area (Å²) >= 11 is 0. The van der Waals surface area contributed by atoms with Crippen molar-refractivity contribution in [2.24, 2.45) is 0 Å². The highest BCUT2D eigenvalue weighted by atomic mass is 16.5. The zero-order valence-electron chi connectivity index (χ0n) is 13.4. The number of carboxylic acid groups (broad SMARTS) is 1. The van der Waals surface area contributed by atoms with Crippen LogP contribution in [0.4, 0.5) is 0 Å². The van der Waals surface area contributed by atoms with Crippen molar-refractivity contribution in [2.45, 2.75) is 44.9 Å². The van der Waals surface area contributed by atoms with E-state index in [1.54, 1.807) is 31.5 Å². The highest BCUT2D eigenvalue weighted by Gasteiger charge is 2.35. The number of aromatic nitrogens is 1. The lowest BCUT2D eigenvalue weighted by Gasteiger charge is -2.42. The summed E-state index contributed by atoms with van der Waals surface area (Å²) in [5.74, 6) is -0.434. The molecule has 1 aromatic rings. The van der Waals surface area contributed by atoms with Crippen LogP contribution in [0, 0.1) is 0 Å². The van der Waals surface area contributed by atoms with Crippen molar-refractivity contribution in [3.8, 4) is 5.75 Å². The minimum absolute atomic E-state index is 0.0440. The normalized spacial score (nSPS) is 21.3. The molecule has 0 aromatic carbocycles. The summed E-state index contributed by atoms with van der Waals surface area (Å²) in [5.41, 5.74) is 0. The molecule has 1 heterocycles. The average molecular weight is 321 g/mol. The van der Waals surface area contributed by atoms with E-state index in [0.29, 0.717) is 12.3 Å². The van der Waals surface area contributed by atoms with Crippen molar-refractivity contribution >= 4 is 11.9 Å². The first-order valence-electron chi connectivity index (χ1n) is 7.82. The maximum atomic E-state index is 12.1. The summed E-state index contributed by atoms with van der Waals surface area (Å²) in [7, 11) is 0. The summed E-state index contributed by atoms with van der Waals surface area (Å²) < 4.78 is 5.53. The summed E-state index contributed by atoms with van der Waals surface area (Å²) in [5, 5.41) is 11.8. The molecule has 1 aliphatic carbocycles. The van der Waals surface area contributed by atoms with Gasteiger partial charge in [-0.3, -0.25) is 19.5 Å². The van der Waals surface area contributed by atoms with Crippen LogP contribution in [0.25, 0.3) is 0 Å². The van der Waals surface area contributed by atoms with E-state index in [0.717, 1.165) is 12.8 Å². The standard InChI is InChI=1S/C16H23N3O4/c1-3-19(10-15(20)21)13-7-12(8-13)18-16(22)11(2)23-14-5-4-6-17-9-14/h4-6,9,11-13H,3,7-8,10H2,1-2H3,(H,18,22)(H,20,21). The molecule has 7 nitrogen and oxygen atoms in total. The third kappa shape index (κ3) is 4.92. The van der Waals surface area contributed by atoms with Gasteiger partial charge in [0.05, 0.1) is 12.7 Å². The van der Waals surface area contributed by atoms with Gasteiger partial charge in [0.25, 0.3) is 5.91 Å². The van der Waals surface area contributed by atoms with E-state index >= 15 is 0 Å². The van der Waals surface area contributed by atoms with Crippen LogP contribution >= 0.6 is 0 Å². The molecule has 2 rings (SSSR count). The van der Waals surface area contributed by atoms with Gasteiger partial charge in [-0.05, 0) is 38.4 Å². The topological polar surface area (TPSA) is 91.8 Å². The average Bonchev–Trinajstić information content (AvgIpc) is 2.49. The fourth-order valence-electron chi connectivity index (χ4n) is 2.67. The lowest BCUT2D eigenvalue weighted by Crippen LogP contribution is -2.56. The van der Waals surface area contributed by atoms with Crippen LogP contribution in [0.2, 0.25) is 0 Å². The molecule has 1 unspecified atom stereocenters. The van der Waals surface area contributed by atoms with Crippen LogP contribution < -0.4 is 10.1 Å². The van der Waals surface area contributed by atoms with Crippen molar-refractivity contribution in [1.82, 2.24) is 15.2 Å². The predicted molar refractivity (Wildman–Crippen MR) is 84.2 cm³/mol. The number of carbonyl (C=O) groups excluding carboxylic acids is 1. The number of rotatable bonds is 8. The Morgan fingerprint density at radius 1 is 1.52 bits per heavy atom. The SMILES string of the molecule is CCN(CC(=O)O)C1CC(NC(=O)C(C)Oc2cccnc2)C1. The molecule has 0 bridgehead atoms. The molecule has 1 aliphatic rings. The third-order valence-electron chi connectivity index (χ3n) is 4.04. The molecule has 0 spiro atoms. The molecule has 1 fully saturated rings. The molecule has 2 N–H and O–H groups in total. The number of hydrogen-bond acceptors (Lipinski definition) is 5. The summed E-state index contributed by atoms with van der Waals surface area (Å²) in [6.45, 7) is 4.38. The smallest absolute Gasteiger partial charge is 0.317 e. The molecule has 0 radical (unpaired) electrons. The van der Waals surface area contributed by atoms with E-state index in [1.807, 2.05) is 11.8 Å². The van der Waals surface area contributed by atoms with Crippen LogP contribution in [0.3, 0.4) is 0 Å². The highest BCUT2D eigenvalue weighted by molar-refractivity contribution is 5.81. The van der Waals surface area contributed by atoms with E-state index < -0.39 is 12.1 Å². The Morgan fingerprint density at radius 2 is 2.26 bits per heavy atom. The maximum absolute atomic E-state index is 12.1. The molecular weight excluding hydrogens is 298 g/mol. The van der Waals surface area contributed by atoms with Crippen molar-refractivity contribution in [3.05, 3.63) is 24.5 Å². The fraction of sp³-hybridized carbons (Fsp3) is 0.562. The minimum Gasteiger partial charge on any atom is -0.480 e. The number of ether oxygens (including phenoxy) is 1. The van der Waals surface area contributed by atoms with Crippen LogP contribution in [-0.2, 0) is 9.59 Å². The number of amides is 1. The minimum atomic E-state index is -0.821. The van der Waals surface area contributed by atoms with E-state index in [2.05, 4.69) is 10.3 Å². The van der Waals surface area contributed by atoms with Crippen LogP contribution in [-0.4, -0.2) is 58.1 Å². The predicted octanol–water partition coefficient (Wildman–Crippen LogP) is 0.903. The molecule has 1 saturated carbocycles. The molecule has 23 heavy (non-hydrogen) atoms. The molecular formula is C16H23N3O4. The summed E-state index contributed by atoms with van der Waals surface area (Å²) in [4.78, 5) is 28.8. The second-order valence-electron chi connectivity index (χ2n) is 5.74. The zero-order valence-corrected chi connectivity index (χ0v) is 13.4. The number of nitrogens with zero attached hydrogens (tertiary/aromatic N) is 2. The molecule has 1 aromatic heterocycles. The van der Waals surface area contributed by atoms with Crippen molar-refractivity contribution < 1.29 is 19.4 Å². The quantitative estimate of drug-likeness (QED) is 0.739. The first-order valence-corrected chi connectivity index (χ1v) is 7.82. The Balaban J connectivity index is 1.74. The van der Waals surface area contributed by atoms with Gasteiger partial charge < -0.3 is 15.2 Å². The van der Waals surface area contributed by atoms with Gasteiger partial charge in [0.2, 0.25) is 0 Å². The largest absolute Gasteiger partial charge is 0.480 e. The molecule has 7 heteroatoms. The van der Waals surface area contributed by atoms with Gasteiger partial charge in [0, 0.05) is 18.3 Å². The van der Waals surface area contributed by atoms with Gasteiger partial charge >= 0.3 is 5.97 Å². The first kappa shape index (κ1) is 17.2. The van der Waals surface area contributed by atoms with E-state index in [9.17, 15) is 9.59 Å². The highest BCUT2D eigenvalue weighted by Crippen LogP contribution is 2.25. The van der Waals surface area contributed by atoms with Gasteiger partial charge in [-0.1, -0.05) is 6.92 Å². The number of hydrogen-bond donors (Lipinski definition) is 2. The zero-order chi connectivity index (χ0) is 16.8. The number of carbonyl (C=O) groups is 2. The molecule has 1 amide bonds. The van der Waals surface area contributed by atoms with Gasteiger partial charge in [0.1, 0.15) is 5.75 Å². The molecule has 0 saturated heterocycles. The van der Waals surface area contributed by atoms with E-state index in [4.69, 9.17) is 9.84 Å². The number of aliphatic carboxylic acids is 1. The monoisotopic (exact) mass is 321 g/mol. The van der Waals surface area contributed by atoms with Crippen molar-refractivity contribution in [3.63, 3.8) is 0 Å². The van der Waals surface area contributed by atoms with E-state index in [1.165, 1.54) is 0 Å². The van der Waals surface area contributed by atoms with Crippen molar-refractivity contribution in [1.29, 1.82) is 0 Å². The Morgan fingerprint density at radius 3 is 2.83 bits per heavy atom. The fourth-order valence-corrected chi connectivity index (χ4v) is 2.67. The Bertz CT molecular complexity index is 531. The molecule has 1 atom stereocenters. The molecule has 126 valence electrons. The number of pyridine rings is 1. The van der Waals surface area contributed by atoms with Crippen LogP contribution in [0.15, 0.2) is 24.5 Å². The Hall–Kier alpha value is -2.15. The maximum Gasteiger partial charge on any atom is 0.317 e.